The van der Waals surface area contributed by atoms with Gasteiger partial charge in [0, 0.05) is 0 Å². The van der Waals surface area contributed by atoms with Crippen molar-refractivity contribution in [2.75, 3.05) is 13.2 Å². The zero-order valence-electron chi connectivity index (χ0n) is 8.00. The number of esters is 1. The molecule has 0 aromatic heterocycles. The minimum absolute atomic E-state index is 0.0996. The van der Waals surface area contributed by atoms with Gasteiger partial charge in [-0.2, -0.15) is 0 Å². The SMILES string of the molecule is C=CC(=O)NCC(=O)OCC(C)C. The lowest BCUT2D eigenvalue weighted by Crippen LogP contribution is -2.29. The van der Waals surface area contributed by atoms with Crippen molar-refractivity contribution in [3.8, 4) is 0 Å². The van der Waals surface area contributed by atoms with Gasteiger partial charge in [0.05, 0.1) is 6.61 Å². The maximum absolute atomic E-state index is 10.9. The van der Waals surface area contributed by atoms with Crippen LogP contribution in [-0.2, 0) is 14.3 Å². The fraction of sp³-hybridized carbons (Fsp3) is 0.556. The first kappa shape index (κ1) is 11.7. The normalized spacial score (nSPS) is 9.46. The van der Waals surface area contributed by atoms with Gasteiger partial charge in [-0.1, -0.05) is 20.4 Å². The lowest BCUT2D eigenvalue weighted by atomic mass is 10.2. The van der Waals surface area contributed by atoms with E-state index in [0.29, 0.717) is 12.5 Å². The van der Waals surface area contributed by atoms with Crippen LogP contribution in [0, 0.1) is 5.92 Å². The molecule has 13 heavy (non-hydrogen) atoms. The fourth-order valence-corrected chi connectivity index (χ4v) is 0.542. The molecule has 4 nitrogen and oxygen atoms in total. The number of ether oxygens (including phenoxy) is 1. The Kier molecular flexibility index (Phi) is 5.59. The molecule has 0 aromatic carbocycles. The molecular formula is C9H15NO3. The van der Waals surface area contributed by atoms with Gasteiger partial charge in [0.1, 0.15) is 6.54 Å². The highest BCUT2D eigenvalue weighted by atomic mass is 16.5. The second-order valence-electron chi connectivity index (χ2n) is 3.00. The molecule has 0 spiro atoms. The van der Waals surface area contributed by atoms with Crippen molar-refractivity contribution < 1.29 is 14.3 Å². The second-order valence-corrected chi connectivity index (χ2v) is 3.00. The van der Waals surface area contributed by atoms with E-state index in [1.54, 1.807) is 0 Å². The van der Waals surface area contributed by atoms with Gasteiger partial charge in [-0.15, -0.1) is 0 Å². The average Bonchev–Trinajstić information content (AvgIpc) is 2.10. The summed E-state index contributed by atoms with van der Waals surface area (Å²) in [6.07, 6.45) is 1.11. The predicted molar refractivity (Wildman–Crippen MR) is 49.0 cm³/mol. The molecule has 0 fully saturated rings. The lowest BCUT2D eigenvalue weighted by molar-refractivity contribution is -0.144. The zero-order valence-corrected chi connectivity index (χ0v) is 8.00. The van der Waals surface area contributed by atoms with E-state index in [4.69, 9.17) is 4.74 Å². The van der Waals surface area contributed by atoms with E-state index in [9.17, 15) is 9.59 Å². The molecule has 0 radical (unpaired) electrons. The maximum Gasteiger partial charge on any atom is 0.325 e. The van der Waals surface area contributed by atoms with E-state index < -0.39 is 5.97 Å². The number of carbonyl (C=O) groups excluding carboxylic acids is 2. The molecule has 0 saturated heterocycles. The Morgan fingerprint density at radius 3 is 2.62 bits per heavy atom. The Morgan fingerprint density at radius 2 is 2.15 bits per heavy atom. The van der Waals surface area contributed by atoms with E-state index >= 15 is 0 Å². The molecule has 1 N–H and O–H groups in total. The Hall–Kier alpha value is -1.32. The number of hydrogen-bond donors (Lipinski definition) is 1. The fourth-order valence-electron chi connectivity index (χ4n) is 0.542. The van der Waals surface area contributed by atoms with Crippen LogP contribution in [0.4, 0.5) is 0 Å². The number of carbonyl (C=O) groups is 2. The first-order chi connectivity index (χ1) is 6.06. The van der Waals surface area contributed by atoms with Crippen molar-refractivity contribution in [3.63, 3.8) is 0 Å². The summed E-state index contributed by atoms with van der Waals surface area (Å²) in [6.45, 7) is 7.41. The summed E-state index contributed by atoms with van der Waals surface area (Å²) in [7, 11) is 0. The summed E-state index contributed by atoms with van der Waals surface area (Å²) < 4.78 is 4.81. The monoisotopic (exact) mass is 185 g/mol. The summed E-state index contributed by atoms with van der Waals surface area (Å²) in [5.74, 6) is -0.496. The van der Waals surface area contributed by atoms with E-state index in [0.717, 1.165) is 6.08 Å². The Bertz CT molecular complexity index is 199. The van der Waals surface area contributed by atoms with Gasteiger partial charge in [-0.3, -0.25) is 9.59 Å². The van der Waals surface area contributed by atoms with Crippen LogP contribution in [0.25, 0.3) is 0 Å². The Balaban J connectivity index is 3.51. The van der Waals surface area contributed by atoms with E-state index in [1.807, 2.05) is 13.8 Å². The van der Waals surface area contributed by atoms with Gasteiger partial charge in [0.15, 0.2) is 0 Å². The zero-order chi connectivity index (χ0) is 10.3. The number of hydrogen-bond acceptors (Lipinski definition) is 3. The van der Waals surface area contributed by atoms with Gasteiger partial charge in [0.2, 0.25) is 5.91 Å². The molecule has 0 heterocycles. The first-order valence-electron chi connectivity index (χ1n) is 4.12. The summed E-state index contributed by atoms with van der Waals surface area (Å²) in [6, 6.07) is 0. The molecule has 0 aliphatic rings. The van der Waals surface area contributed by atoms with Crippen molar-refractivity contribution >= 4 is 11.9 Å². The van der Waals surface area contributed by atoms with Gasteiger partial charge >= 0.3 is 5.97 Å². The molecule has 0 unspecified atom stereocenters. The van der Waals surface area contributed by atoms with Crippen molar-refractivity contribution in [1.29, 1.82) is 0 Å². The lowest BCUT2D eigenvalue weighted by Gasteiger charge is -2.06. The molecule has 74 valence electrons. The van der Waals surface area contributed by atoms with E-state index in [-0.39, 0.29) is 12.5 Å². The molecule has 0 aromatic rings. The van der Waals surface area contributed by atoms with Crippen LogP contribution in [0.15, 0.2) is 12.7 Å². The van der Waals surface area contributed by atoms with Gasteiger partial charge in [0.25, 0.3) is 0 Å². The molecule has 0 atom stereocenters. The van der Waals surface area contributed by atoms with E-state index in [2.05, 4.69) is 11.9 Å². The highest BCUT2D eigenvalue weighted by molar-refractivity contribution is 5.89. The standard InChI is InChI=1S/C9H15NO3/c1-4-8(11)10-5-9(12)13-6-7(2)3/h4,7H,1,5-6H2,2-3H3,(H,10,11). The maximum atomic E-state index is 10.9. The van der Waals surface area contributed by atoms with Crippen LogP contribution in [0.3, 0.4) is 0 Å². The molecule has 4 heteroatoms. The molecule has 0 saturated carbocycles. The number of amides is 1. The highest BCUT2D eigenvalue weighted by Crippen LogP contribution is 1.91. The minimum atomic E-state index is -0.427. The largest absolute Gasteiger partial charge is 0.464 e. The van der Waals surface area contributed by atoms with Crippen LogP contribution in [0.1, 0.15) is 13.8 Å². The summed E-state index contributed by atoms with van der Waals surface area (Å²) in [4.78, 5) is 21.5. The van der Waals surface area contributed by atoms with Crippen molar-refractivity contribution in [1.82, 2.24) is 5.32 Å². The first-order valence-corrected chi connectivity index (χ1v) is 4.12. The van der Waals surface area contributed by atoms with Crippen LogP contribution in [0.2, 0.25) is 0 Å². The second kappa shape index (κ2) is 6.22. The molecule has 0 rings (SSSR count). The third kappa shape index (κ3) is 7.05. The van der Waals surface area contributed by atoms with Crippen LogP contribution in [0.5, 0.6) is 0 Å². The van der Waals surface area contributed by atoms with Crippen LogP contribution >= 0.6 is 0 Å². The third-order valence-corrected chi connectivity index (χ3v) is 1.17. The van der Waals surface area contributed by atoms with Crippen LogP contribution in [-0.4, -0.2) is 25.0 Å². The Labute approximate surface area is 78.0 Å². The van der Waals surface area contributed by atoms with E-state index in [1.165, 1.54) is 0 Å². The van der Waals surface area contributed by atoms with Crippen molar-refractivity contribution in [2.45, 2.75) is 13.8 Å². The quantitative estimate of drug-likeness (QED) is 0.501. The summed E-state index contributed by atoms with van der Waals surface area (Å²) in [5, 5.41) is 2.32. The third-order valence-electron chi connectivity index (χ3n) is 1.17. The predicted octanol–water partition coefficient (Wildman–Crippen LogP) is 0.488. The molecule has 1 amide bonds. The highest BCUT2D eigenvalue weighted by Gasteiger charge is 2.04. The van der Waals surface area contributed by atoms with Crippen LogP contribution < -0.4 is 5.32 Å². The molecular weight excluding hydrogens is 170 g/mol. The van der Waals surface area contributed by atoms with Gasteiger partial charge < -0.3 is 10.1 Å². The van der Waals surface area contributed by atoms with Gasteiger partial charge in [-0.05, 0) is 12.0 Å². The summed E-state index contributed by atoms with van der Waals surface area (Å²) in [5.41, 5.74) is 0. The van der Waals surface area contributed by atoms with Gasteiger partial charge in [-0.25, -0.2) is 0 Å². The minimum Gasteiger partial charge on any atom is -0.464 e. The molecule has 0 aliphatic carbocycles. The molecule has 0 bridgehead atoms. The topological polar surface area (TPSA) is 55.4 Å². The van der Waals surface area contributed by atoms with Crippen molar-refractivity contribution in [2.24, 2.45) is 5.92 Å². The van der Waals surface area contributed by atoms with Crippen molar-refractivity contribution in [3.05, 3.63) is 12.7 Å². The smallest absolute Gasteiger partial charge is 0.325 e. The summed E-state index contributed by atoms with van der Waals surface area (Å²) >= 11 is 0. The number of rotatable bonds is 5. The average molecular weight is 185 g/mol. The Morgan fingerprint density at radius 1 is 1.54 bits per heavy atom. The number of nitrogens with one attached hydrogen (secondary N) is 1. The molecule has 0 aliphatic heterocycles.